The molecule has 0 aromatic heterocycles. The lowest BCUT2D eigenvalue weighted by atomic mass is 10.2. The Morgan fingerprint density at radius 3 is 2.09 bits per heavy atom. The molecule has 0 fully saturated rings. The fraction of sp³-hybridized carbons (Fsp3) is 0.188. The van der Waals surface area contributed by atoms with Crippen molar-refractivity contribution in [3.63, 3.8) is 0 Å². The van der Waals surface area contributed by atoms with E-state index in [-0.39, 0.29) is 10.8 Å². The standard InChI is InChI=1S/C16H14F3NOS/c1-20(2)15(21)11-7-3-5-9-13(11)22-14-10-6-4-8-12(14)16(17,18)19/h3-10H,1-2H3. The van der Waals surface area contributed by atoms with Crippen molar-refractivity contribution in [3.05, 3.63) is 59.7 Å². The summed E-state index contributed by atoms with van der Waals surface area (Å²) in [5, 5.41) is 0. The Labute approximate surface area is 130 Å². The fourth-order valence-electron chi connectivity index (χ4n) is 1.88. The second kappa shape index (κ2) is 6.44. The Bertz CT molecular complexity index is 683. The van der Waals surface area contributed by atoms with Gasteiger partial charge in [-0.3, -0.25) is 4.79 Å². The van der Waals surface area contributed by atoms with E-state index in [0.29, 0.717) is 10.5 Å². The number of rotatable bonds is 3. The number of halogens is 3. The van der Waals surface area contributed by atoms with Crippen LogP contribution in [-0.4, -0.2) is 24.9 Å². The van der Waals surface area contributed by atoms with Gasteiger partial charge in [-0.25, -0.2) is 0 Å². The third-order valence-corrected chi connectivity index (χ3v) is 4.09. The minimum Gasteiger partial charge on any atom is -0.345 e. The number of carbonyl (C=O) groups excluding carboxylic acids is 1. The van der Waals surface area contributed by atoms with Crippen molar-refractivity contribution in [2.75, 3.05) is 14.1 Å². The van der Waals surface area contributed by atoms with Crippen LogP contribution in [0.2, 0.25) is 0 Å². The van der Waals surface area contributed by atoms with Crippen molar-refractivity contribution in [3.8, 4) is 0 Å². The van der Waals surface area contributed by atoms with Crippen molar-refractivity contribution in [2.24, 2.45) is 0 Å². The van der Waals surface area contributed by atoms with Gasteiger partial charge < -0.3 is 4.90 Å². The molecule has 22 heavy (non-hydrogen) atoms. The molecular weight excluding hydrogens is 311 g/mol. The summed E-state index contributed by atoms with van der Waals surface area (Å²) in [5.41, 5.74) is -0.318. The van der Waals surface area contributed by atoms with Gasteiger partial charge in [0.25, 0.3) is 5.91 Å². The van der Waals surface area contributed by atoms with Crippen molar-refractivity contribution in [1.29, 1.82) is 0 Å². The third-order valence-electron chi connectivity index (χ3n) is 2.94. The van der Waals surface area contributed by atoms with E-state index >= 15 is 0 Å². The maximum atomic E-state index is 13.0. The summed E-state index contributed by atoms with van der Waals surface area (Å²) < 4.78 is 39.1. The highest BCUT2D eigenvalue weighted by atomic mass is 32.2. The summed E-state index contributed by atoms with van der Waals surface area (Å²) in [6, 6.07) is 12.0. The lowest BCUT2D eigenvalue weighted by molar-refractivity contribution is -0.139. The highest BCUT2D eigenvalue weighted by Crippen LogP contribution is 2.40. The summed E-state index contributed by atoms with van der Waals surface area (Å²) in [6.07, 6.45) is -4.43. The summed E-state index contributed by atoms with van der Waals surface area (Å²) in [6.45, 7) is 0. The Kier molecular flexibility index (Phi) is 4.81. The molecule has 0 radical (unpaired) electrons. The quantitative estimate of drug-likeness (QED) is 0.824. The number of benzene rings is 2. The topological polar surface area (TPSA) is 20.3 Å². The highest BCUT2D eigenvalue weighted by molar-refractivity contribution is 7.99. The SMILES string of the molecule is CN(C)C(=O)c1ccccc1Sc1ccccc1C(F)(F)F. The first-order chi connectivity index (χ1) is 10.3. The molecule has 2 aromatic rings. The smallest absolute Gasteiger partial charge is 0.345 e. The molecule has 6 heteroatoms. The first kappa shape index (κ1) is 16.4. The number of nitrogens with zero attached hydrogens (tertiary/aromatic N) is 1. The van der Waals surface area contributed by atoms with Crippen LogP contribution in [0.15, 0.2) is 58.3 Å². The Morgan fingerprint density at radius 1 is 0.955 bits per heavy atom. The first-order valence-corrected chi connectivity index (χ1v) is 7.27. The zero-order valence-corrected chi connectivity index (χ0v) is 12.8. The minimum absolute atomic E-state index is 0.0778. The fourth-order valence-corrected chi connectivity index (χ4v) is 2.97. The molecule has 0 heterocycles. The minimum atomic E-state index is -4.43. The van der Waals surface area contributed by atoms with Crippen LogP contribution in [0.1, 0.15) is 15.9 Å². The second-order valence-corrected chi connectivity index (χ2v) is 5.88. The summed E-state index contributed by atoms with van der Waals surface area (Å²) >= 11 is 0.946. The Hall–Kier alpha value is -1.95. The van der Waals surface area contributed by atoms with Crippen molar-refractivity contribution in [2.45, 2.75) is 16.0 Å². The Balaban J connectivity index is 2.43. The van der Waals surface area contributed by atoms with E-state index in [1.165, 1.54) is 17.0 Å². The summed E-state index contributed by atoms with van der Waals surface area (Å²) in [7, 11) is 3.21. The largest absolute Gasteiger partial charge is 0.417 e. The zero-order chi connectivity index (χ0) is 16.3. The maximum absolute atomic E-state index is 13.0. The van der Waals surface area contributed by atoms with Gasteiger partial charge in [0.2, 0.25) is 0 Å². The second-order valence-electron chi connectivity index (χ2n) is 4.79. The van der Waals surface area contributed by atoms with E-state index in [0.717, 1.165) is 17.8 Å². The van der Waals surface area contributed by atoms with Gasteiger partial charge >= 0.3 is 6.18 Å². The van der Waals surface area contributed by atoms with E-state index < -0.39 is 11.7 Å². The number of hydrogen-bond acceptors (Lipinski definition) is 2. The molecule has 0 saturated carbocycles. The average molecular weight is 325 g/mol. The lowest BCUT2D eigenvalue weighted by Gasteiger charge is -2.16. The van der Waals surface area contributed by atoms with E-state index in [1.54, 1.807) is 44.4 Å². The molecule has 0 bridgehead atoms. The molecule has 0 saturated heterocycles. The van der Waals surface area contributed by atoms with E-state index in [1.807, 2.05) is 0 Å². The molecule has 2 aromatic carbocycles. The highest BCUT2D eigenvalue weighted by Gasteiger charge is 2.33. The molecular formula is C16H14F3NOS. The zero-order valence-electron chi connectivity index (χ0n) is 12.0. The van der Waals surface area contributed by atoms with Gasteiger partial charge in [-0.15, -0.1) is 0 Å². The molecule has 0 spiro atoms. The molecule has 116 valence electrons. The molecule has 0 N–H and O–H groups in total. The van der Waals surface area contributed by atoms with Crippen LogP contribution in [0.4, 0.5) is 13.2 Å². The van der Waals surface area contributed by atoms with Crippen LogP contribution >= 0.6 is 11.8 Å². The average Bonchev–Trinajstić information content (AvgIpc) is 2.46. The van der Waals surface area contributed by atoms with E-state index in [2.05, 4.69) is 0 Å². The molecule has 0 unspecified atom stereocenters. The van der Waals surface area contributed by atoms with Gasteiger partial charge in [-0.05, 0) is 24.3 Å². The molecule has 2 rings (SSSR count). The lowest BCUT2D eigenvalue weighted by Crippen LogP contribution is -2.22. The Morgan fingerprint density at radius 2 is 1.50 bits per heavy atom. The van der Waals surface area contributed by atoms with Crippen molar-refractivity contribution >= 4 is 17.7 Å². The normalized spacial score (nSPS) is 11.3. The van der Waals surface area contributed by atoms with Crippen LogP contribution in [0.3, 0.4) is 0 Å². The van der Waals surface area contributed by atoms with Gasteiger partial charge in [0.15, 0.2) is 0 Å². The van der Waals surface area contributed by atoms with Crippen LogP contribution in [0.25, 0.3) is 0 Å². The van der Waals surface area contributed by atoms with E-state index in [4.69, 9.17) is 0 Å². The van der Waals surface area contributed by atoms with Crippen LogP contribution in [0, 0.1) is 0 Å². The van der Waals surface area contributed by atoms with Crippen LogP contribution in [0.5, 0.6) is 0 Å². The van der Waals surface area contributed by atoms with Gasteiger partial charge in [0.05, 0.1) is 11.1 Å². The number of carbonyl (C=O) groups is 1. The molecule has 0 aliphatic rings. The summed E-state index contributed by atoms with van der Waals surface area (Å²) in [5.74, 6) is -0.243. The van der Waals surface area contributed by atoms with Crippen LogP contribution < -0.4 is 0 Å². The predicted molar refractivity (Wildman–Crippen MR) is 80.0 cm³/mol. The van der Waals surface area contributed by atoms with Crippen molar-refractivity contribution < 1.29 is 18.0 Å². The van der Waals surface area contributed by atoms with Gasteiger partial charge in [0, 0.05) is 23.9 Å². The predicted octanol–water partition coefficient (Wildman–Crippen LogP) is 4.56. The number of hydrogen-bond donors (Lipinski definition) is 0. The number of amides is 1. The van der Waals surface area contributed by atoms with E-state index in [9.17, 15) is 18.0 Å². The maximum Gasteiger partial charge on any atom is 0.417 e. The first-order valence-electron chi connectivity index (χ1n) is 6.45. The molecule has 2 nitrogen and oxygen atoms in total. The van der Waals surface area contributed by atoms with Gasteiger partial charge in [-0.1, -0.05) is 36.0 Å². The van der Waals surface area contributed by atoms with Crippen molar-refractivity contribution in [1.82, 2.24) is 4.90 Å². The monoisotopic (exact) mass is 325 g/mol. The molecule has 0 aliphatic heterocycles. The molecule has 0 aliphatic carbocycles. The molecule has 0 atom stereocenters. The summed E-state index contributed by atoms with van der Waals surface area (Å²) in [4.78, 5) is 14.1. The number of alkyl halides is 3. The van der Waals surface area contributed by atoms with Gasteiger partial charge in [0.1, 0.15) is 0 Å². The van der Waals surface area contributed by atoms with Crippen LogP contribution in [-0.2, 0) is 6.18 Å². The molecule has 1 amide bonds. The van der Waals surface area contributed by atoms with Gasteiger partial charge in [-0.2, -0.15) is 13.2 Å². The third kappa shape index (κ3) is 3.62.